The van der Waals surface area contributed by atoms with Crippen LogP contribution in [0, 0.1) is 11.6 Å². The number of benzene rings is 1. The minimum Gasteiger partial charge on any atom is -0.378 e. The second-order valence-corrected chi connectivity index (χ2v) is 4.79. The number of nitrogens with one attached hydrogen (secondary N) is 1. The Morgan fingerprint density at radius 2 is 2.25 bits per heavy atom. The molecule has 1 aliphatic rings. The van der Waals surface area contributed by atoms with Crippen LogP contribution in [0.15, 0.2) is 30.5 Å². The van der Waals surface area contributed by atoms with E-state index in [0.29, 0.717) is 31.9 Å². The van der Waals surface area contributed by atoms with Crippen LogP contribution in [0.25, 0.3) is 0 Å². The van der Waals surface area contributed by atoms with Gasteiger partial charge >= 0.3 is 0 Å². The van der Waals surface area contributed by atoms with Crippen molar-refractivity contribution in [3.8, 4) is 0 Å². The lowest BCUT2D eigenvalue weighted by Gasteiger charge is -2.34. The van der Waals surface area contributed by atoms with Crippen LogP contribution in [-0.2, 0) is 11.3 Å². The summed E-state index contributed by atoms with van der Waals surface area (Å²) in [5.41, 5.74) is 1.28. The summed E-state index contributed by atoms with van der Waals surface area (Å²) in [7, 11) is 0. The number of aromatic nitrogens is 2. The van der Waals surface area contributed by atoms with Crippen molar-refractivity contribution in [2.75, 3.05) is 19.8 Å². The van der Waals surface area contributed by atoms with Crippen LogP contribution >= 0.6 is 0 Å². The van der Waals surface area contributed by atoms with E-state index in [4.69, 9.17) is 4.74 Å². The summed E-state index contributed by atoms with van der Waals surface area (Å²) < 4.78 is 32.5. The van der Waals surface area contributed by atoms with Gasteiger partial charge in [0.25, 0.3) is 0 Å². The second kappa shape index (κ2) is 5.68. The maximum atomic E-state index is 13.8. The number of ether oxygens (including phenoxy) is 1. The Morgan fingerprint density at radius 3 is 3.05 bits per heavy atom. The van der Waals surface area contributed by atoms with Gasteiger partial charge in [0.1, 0.15) is 0 Å². The summed E-state index contributed by atoms with van der Waals surface area (Å²) in [5.74, 6) is -1.59. The van der Waals surface area contributed by atoms with Crippen LogP contribution in [0.5, 0.6) is 0 Å². The third kappa shape index (κ3) is 2.57. The molecule has 1 aromatic carbocycles. The molecule has 1 fully saturated rings. The zero-order valence-electron chi connectivity index (χ0n) is 10.9. The summed E-state index contributed by atoms with van der Waals surface area (Å²) in [4.78, 5) is 2.06. The van der Waals surface area contributed by atoms with Gasteiger partial charge in [-0.05, 0) is 12.1 Å². The number of morpholine rings is 1. The van der Waals surface area contributed by atoms with Gasteiger partial charge in [-0.25, -0.2) is 8.78 Å². The number of aromatic amines is 1. The fourth-order valence-corrected chi connectivity index (χ4v) is 2.46. The number of hydrogen-bond donors (Lipinski definition) is 1. The van der Waals surface area contributed by atoms with Gasteiger partial charge in [-0.2, -0.15) is 5.10 Å². The molecule has 1 aliphatic heterocycles. The van der Waals surface area contributed by atoms with Crippen LogP contribution in [0.2, 0.25) is 0 Å². The monoisotopic (exact) mass is 279 g/mol. The van der Waals surface area contributed by atoms with Gasteiger partial charge in [0.2, 0.25) is 0 Å². The minimum atomic E-state index is -0.811. The van der Waals surface area contributed by atoms with Gasteiger partial charge in [-0.1, -0.05) is 12.1 Å². The lowest BCUT2D eigenvalue weighted by molar-refractivity contribution is -0.0147. The van der Waals surface area contributed by atoms with Crippen LogP contribution in [0.3, 0.4) is 0 Å². The fraction of sp³-hybridized carbons (Fsp3) is 0.357. The first kappa shape index (κ1) is 13.2. The molecule has 2 aromatic rings. The Hall–Kier alpha value is -1.79. The molecule has 0 saturated carbocycles. The lowest BCUT2D eigenvalue weighted by atomic mass is 10.1. The molecule has 4 nitrogen and oxygen atoms in total. The normalized spacial score (nSPS) is 20.2. The number of hydrogen-bond acceptors (Lipinski definition) is 3. The van der Waals surface area contributed by atoms with Crippen molar-refractivity contribution in [3.05, 3.63) is 53.4 Å². The molecule has 0 aliphatic carbocycles. The molecule has 0 radical (unpaired) electrons. The molecule has 1 aromatic heterocycles. The number of halogens is 2. The van der Waals surface area contributed by atoms with E-state index < -0.39 is 11.6 Å². The van der Waals surface area contributed by atoms with Gasteiger partial charge in [-0.15, -0.1) is 0 Å². The molecule has 106 valence electrons. The van der Waals surface area contributed by atoms with E-state index in [9.17, 15) is 8.78 Å². The van der Waals surface area contributed by atoms with E-state index in [0.717, 1.165) is 11.8 Å². The first-order valence-electron chi connectivity index (χ1n) is 6.49. The lowest BCUT2D eigenvalue weighted by Crippen LogP contribution is -2.39. The molecule has 0 bridgehead atoms. The molecular weight excluding hydrogens is 264 g/mol. The summed E-state index contributed by atoms with van der Waals surface area (Å²) in [6.07, 6.45) is 1.67. The van der Waals surface area contributed by atoms with Crippen molar-refractivity contribution in [3.63, 3.8) is 0 Å². The SMILES string of the molecule is Fc1cccc(CN2CCOC[C@H]2c2ccn[nH]2)c1F. The van der Waals surface area contributed by atoms with E-state index in [-0.39, 0.29) is 6.04 Å². The number of H-pyrrole nitrogens is 1. The van der Waals surface area contributed by atoms with E-state index in [1.165, 1.54) is 6.07 Å². The molecule has 2 heterocycles. The molecule has 0 amide bonds. The molecule has 6 heteroatoms. The van der Waals surface area contributed by atoms with Crippen molar-refractivity contribution >= 4 is 0 Å². The quantitative estimate of drug-likeness (QED) is 0.937. The average molecular weight is 279 g/mol. The van der Waals surface area contributed by atoms with Crippen molar-refractivity contribution in [1.29, 1.82) is 0 Å². The summed E-state index contributed by atoms with van der Waals surface area (Å²) >= 11 is 0. The largest absolute Gasteiger partial charge is 0.378 e. The third-order valence-corrected chi connectivity index (χ3v) is 3.53. The highest BCUT2D eigenvalue weighted by Crippen LogP contribution is 2.25. The van der Waals surface area contributed by atoms with Crippen molar-refractivity contribution < 1.29 is 13.5 Å². The predicted octanol–water partition coefficient (Wildman–Crippen LogP) is 2.26. The highest BCUT2D eigenvalue weighted by molar-refractivity contribution is 5.19. The Morgan fingerprint density at radius 1 is 1.35 bits per heavy atom. The highest BCUT2D eigenvalue weighted by atomic mass is 19.2. The first-order valence-corrected chi connectivity index (χ1v) is 6.49. The van der Waals surface area contributed by atoms with Crippen LogP contribution in [-0.4, -0.2) is 34.9 Å². The Balaban J connectivity index is 1.82. The Bertz CT molecular complexity index is 574. The van der Waals surface area contributed by atoms with E-state index in [1.807, 2.05) is 6.07 Å². The van der Waals surface area contributed by atoms with Crippen LogP contribution < -0.4 is 0 Å². The van der Waals surface area contributed by atoms with Gasteiger partial charge in [0, 0.05) is 24.8 Å². The van der Waals surface area contributed by atoms with Gasteiger partial charge in [-0.3, -0.25) is 10.00 Å². The number of rotatable bonds is 3. The first-order chi connectivity index (χ1) is 9.75. The molecule has 3 rings (SSSR count). The molecule has 0 spiro atoms. The average Bonchev–Trinajstić information content (AvgIpc) is 2.98. The topological polar surface area (TPSA) is 41.1 Å². The zero-order valence-corrected chi connectivity index (χ0v) is 10.9. The smallest absolute Gasteiger partial charge is 0.163 e. The van der Waals surface area contributed by atoms with Gasteiger partial charge in [0.15, 0.2) is 11.6 Å². The van der Waals surface area contributed by atoms with Crippen LogP contribution in [0.1, 0.15) is 17.3 Å². The third-order valence-electron chi connectivity index (χ3n) is 3.53. The molecule has 1 saturated heterocycles. The highest BCUT2D eigenvalue weighted by Gasteiger charge is 2.26. The maximum Gasteiger partial charge on any atom is 0.163 e. The molecular formula is C14H15F2N3O. The van der Waals surface area contributed by atoms with Crippen molar-refractivity contribution in [1.82, 2.24) is 15.1 Å². The second-order valence-electron chi connectivity index (χ2n) is 4.79. The Kier molecular flexibility index (Phi) is 3.75. The fourth-order valence-electron chi connectivity index (χ4n) is 2.46. The summed E-state index contributed by atoms with van der Waals surface area (Å²) in [6, 6.07) is 6.12. The van der Waals surface area contributed by atoms with Crippen molar-refractivity contribution in [2.45, 2.75) is 12.6 Å². The molecule has 0 unspecified atom stereocenters. The molecule has 20 heavy (non-hydrogen) atoms. The summed E-state index contributed by atoms with van der Waals surface area (Å²) in [6.45, 7) is 2.11. The summed E-state index contributed by atoms with van der Waals surface area (Å²) in [5, 5.41) is 6.84. The van der Waals surface area contributed by atoms with E-state index >= 15 is 0 Å². The molecule has 1 N–H and O–H groups in total. The maximum absolute atomic E-state index is 13.8. The van der Waals surface area contributed by atoms with Gasteiger partial charge < -0.3 is 4.74 Å². The predicted molar refractivity (Wildman–Crippen MR) is 68.9 cm³/mol. The standard InChI is InChI=1S/C14H15F2N3O/c15-11-3-1-2-10(14(11)16)8-19-6-7-20-9-13(19)12-4-5-17-18-12/h1-5,13H,6-9H2,(H,17,18)/t13-/m0/s1. The Labute approximate surface area is 115 Å². The minimum absolute atomic E-state index is 0.0195. The molecule has 1 atom stereocenters. The van der Waals surface area contributed by atoms with Crippen LogP contribution in [0.4, 0.5) is 8.78 Å². The van der Waals surface area contributed by atoms with E-state index in [1.54, 1.807) is 12.3 Å². The van der Waals surface area contributed by atoms with E-state index in [2.05, 4.69) is 15.1 Å². The van der Waals surface area contributed by atoms with Crippen molar-refractivity contribution in [2.24, 2.45) is 0 Å². The van der Waals surface area contributed by atoms with Gasteiger partial charge in [0.05, 0.1) is 24.9 Å². The number of nitrogens with zero attached hydrogens (tertiary/aromatic N) is 2. The zero-order chi connectivity index (χ0) is 13.9.